The Labute approximate surface area is 127 Å². The number of aliphatic hydroxyl groups is 1. The first-order valence-electron chi connectivity index (χ1n) is 6.41. The van der Waals surface area contributed by atoms with Gasteiger partial charge in [-0.25, -0.2) is 4.39 Å². The summed E-state index contributed by atoms with van der Waals surface area (Å²) in [7, 11) is 1.89. The molecular formula is C16H17BrFNO. The minimum absolute atomic E-state index is 0.335. The number of anilines is 1. The van der Waals surface area contributed by atoms with Crippen LogP contribution in [0.3, 0.4) is 0 Å². The first-order valence-corrected chi connectivity index (χ1v) is 7.21. The minimum atomic E-state index is -0.840. The van der Waals surface area contributed by atoms with E-state index in [1.54, 1.807) is 13.0 Å². The molecule has 2 aromatic carbocycles. The number of nitrogens with zero attached hydrogens (tertiary/aromatic N) is 1. The third kappa shape index (κ3) is 3.19. The van der Waals surface area contributed by atoms with E-state index in [4.69, 9.17) is 0 Å². The van der Waals surface area contributed by atoms with Gasteiger partial charge in [0.25, 0.3) is 0 Å². The van der Waals surface area contributed by atoms with Gasteiger partial charge in [0.1, 0.15) is 5.82 Å². The van der Waals surface area contributed by atoms with Crippen LogP contribution in [0.5, 0.6) is 0 Å². The van der Waals surface area contributed by atoms with Gasteiger partial charge >= 0.3 is 0 Å². The van der Waals surface area contributed by atoms with Crippen molar-refractivity contribution >= 4 is 21.6 Å². The quantitative estimate of drug-likeness (QED) is 0.900. The molecular weight excluding hydrogens is 321 g/mol. The number of hydrogen-bond acceptors (Lipinski definition) is 2. The zero-order chi connectivity index (χ0) is 14.7. The second-order valence-corrected chi connectivity index (χ2v) is 5.65. The van der Waals surface area contributed by atoms with E-state index in [9.17, 15) is 9.50 Å². The van der Waals surface area contributed by atoms with Crippen molar-refractivity contribution in [3.8, 4) is 0 Å². The van der Waals surface area contributed by atoms with Gasteiger partial charge in [0.05, 0.1) is 6.10 Å². The van der Waals surface area contributed by atoms with Gasteiger partial charge in [0.15, 0.2) is 0 Å². The van der Waals surface area contributed by atoms with E-state index in [1.807, 2.05) is 42.3 Å². The fourth-order valence-electron chi connectivity index (χ4n) is 2.24. The summed E-state index contributed by atoms with van der Waals surface area (Å²) < 4.78 is 14.9. The van der Waals surface area contributed by atoms with Crippen LogP contribution < -0.4 is 4.90 Å². The van der Waals surface area contributed by atoms with Gasteiger partial charge in [0, 0.05) is 29.3 Å². The highest BCUT2D eigenvalue weighted by Crippen LogP contribution is 2.30. The molecule has 1 N–H and O–H groups in total. The molecule has 4 heteroatoms. The SMILES string of the molecule is C[C@H](O)c1c(F)cccc1N(C)Cc1ccccc1Br. The molecule has 0 bridgehead atoms. The molecule has 1 atom stereocenters. The van der Waals surface area contributed by atoms with Crippen LogP contribution in [0.25, 0.3) is 0 Å². The normalized spacial score (nSPS) is 12.2. The maximum absolute atomic E-state index is 13.9. The van der Waals surface area contributed by atoms with Crippen LogP contribution in [0, 0.1) is 5.82 Å². The monoisotopic (exact) mass is 337 g/mol. The zero-order valence-electron chi connectivity index (χ0n) is 11.5. The predicted octanol–water partition coefficient (Wildman–Crippen LogP) is 4.28. The maximum Gasteiger partial charge on any atom is 0.131 e. The van der Waals surface area contributed by atoms with Crippen molar-refractivity contribution in [3.63, 3.8) is 0 Å². The Balaban J connectivity index is 2.33. The van der Waals surface area contributed by atoms with Crippen molar-refractivity contribution in [3.05, 3.63) is 63.9 Å². The average Bonchev–Trinajstić information content (AvgIpc) is 2.40. The van der Waals surface area contributed by atoms with E-state index < -0.39 is 6.10 Å². The molecule has 2 rings (SSSR count). The molecule has 0 aromatic heterocycles. The molecule has 0 amide bonds. The molecule has 2 nitrogen and oxygen atoms in total. The Hall–Kier alpha value is -1.39. The average molecular weight is 338 g/mol. The summed E-state index contributed by atoms with van der Waals surface area (Å²) in [6, 6.07) is 12.8. The van der Waals surface area contributed by atoms with Gasteiger partial charge in [-0.1, -0.05) is 40.2 Å². The second kappa shape index (κ2) is 6.37. The molecule has 0 aliphatic carbocycles. The molecule has 0 radical (unpaired) electrons. The van der Waals surface area contributed by atoms with E-state index in [0.29, 0.717) is 17.8 Å². The third-order valence-corrected chi connectivity index (χ3v) is 4.00. The highest BCUT2D eigenvalue weighted by molar-refractivity contribution is 9.10. The first kappa shape index (κ1) is 15.0. The number of rotatable bonds is 4. The topological polar surface area (TPSA) is 23.5 Å². The minimum Gasteiger partial charge on any atom is -0.389 e. The smallest absolute Gasteiger partial charge is 0.131 e. The highest BCUT2D eigenvalue weighted by atomic mass is 79.9. The lowest BCUT2D eigenvalue weighted by atomic mass is 10.1. The summed E-state index contributed by atoms with van der Waals surface area (Å²) in [5, 5.41) is 9.78. The summed E-state index contributed by atoms with van der Waals surface area (Å²) in [6.07, 6.45) is -0.840. The Morgan fingerprint density at radius 3 is 2.55 bits per heavy atom. The van der Waals surface area contributed by atoms with Crippen LogP contribution in [0.2, 0.25) is 0 Å². The first-order chi connectivity index (χ1) is 9.50. The molecule has 2 aromatic rings. The van der Waals surface area contributed by atoms with Crippen molar-refractivity contribution in [1.29, 1.82) is 0 Å². The highest BCUT2D eigenvalue weighted by Gasteiger charge is 2.16. The molecule has 20 heavy (non-hydrogen) atoms. The van der Waals surface area contributed by atoms with E-state index in [2.05, 4.69) is 15.9 Å². The largest absolute Gasteiger partial charge is 0.389 e. The number of aliphatic hydroxyl groups excluding tert-OH is 1. The molecule has 0 saturated carbocycles. The van der Waals surface area contributed by atoms with E-state index >= 15 is 0 Å². The van der Waals surface area contributed by atoms with E-state index in [1.165, 1.54) is 6.07 Å². The molecule has 0 fully saturated rings. The molecule has 0 aliphatic rings. The van der Waals surface area contributed by atoms with Gasteiger partial charge in [-0.05, 0) is 30.7 Å². The van der Waals surface area contributed by atoms with Gasteiger partial charge in [-0.2, -0.15) is 0 Å². The lowest BCUT2D eigenvalue weighted by Gasteiger charge is -2.24. The third-order valence-electron chi connectivity index (χ3n) is 3.22. The second-order valence-electron chi connectivity index (χ2n) is 4.80. The molecule has 0 spiro atoms. The number of hydrogen-bond donors (Lipinski definition) is 1. The fraction of sp³-hybridized carbons (Fsp3) is 0.250. The van der Waals surface area contributed by atoms with Crippen LogP contribution >= 0.6 is 15.9 Å². The number of benzene rings is 2. The van der Waals surface area contributed by atoms with Crippen molar-refractivity contribution in [2.45, 2.75) is 19.6 Å². The summed E-state index contributed by atoms with van der Waals surface area (Å²) in [5.41, 5.74) is 2.15. The van der Waals surface area contributed by atoms with Gasteiger partial charge < -0.3 is 10.0 Å². The van der Waals surface area contributed by atoms with E-state index in [0.717, 1.165) is 10.0 Å². The van der Waals surface area contributed by atoms with Gasteiger partial charge in [-0.15, -0.1) is 0 Å². The Bertz CT molecular complexity index is 601. The standard InChI is InChI=1S/C16H17BrFNO/c1-11(20)16-14(18)8-5-9-15(16)19(2)10-12-6-3-4-7-13(12)17/h3-9,11,20H,10H2,1-2H3/t11-/m0/s1. The molecule has 0 saturated heterocycles. The summed E-state index contributed by atoms with van der Waals surface area (Å²) >= 11 is 3.51. The lowest BCUT2D eigenvalue weighted by molar-refractivity contribution is 0.194. The summed E-state index contributed by atoms with van der Waals surface area (Å²) in [4.78, 5) is 1.94. The Kier molecular flexibility index (Phi) is 4.78. The lowest BCUT2D eigenvalue weighted by Crippen LogP contribution is -2.19. The van der Waals surface area contributed by atoms with Crippen LogP contribution in [0.15, 0.2) is 46.9 Å². The molecule has 0 unspecified atom stereocenters. The van der Waals surface area contributed by atoms with Crippen LogP contribution in [-0.2, 0) is 6.54 Å². The zero-order valence-corrected chi connectivity index (χ0v) is 13.1. The van der Waals surface area contributed by atoms with Crippen molar-refractivity contribution in [2.24, 2.45) is 0 Å². The van der Waals surface area contributed by atoms with Gasteiger partial charge in [-0.3, -0.25) is 0 Å². The molecule has 106 valence electrons. The summed E-state index contributed by atoms with van der Waals surface area (Å²) in [6.45, 7) is 2.21. The van der Waals surface area contributed by atoms with Crippen molar-refractivity contribution in [2.75, 3.05) is 11.9 Å². The predicted molar refractivity (Wildman–Crippen MR) is 83.3 cm³/mol. The van der Waals surface area contributed by atoms with Crippen molar-refractivity contribution < 1.29 is 9.50 Å². The van der Waals surface area contributed by atoms with E-state index in [-0.39, 0.29) is 5.82 Å². The van der Waals surface area contributed by atoms with Crippen molar-refractivity contribution in [1.82, 2.24) is 0 Å². The maximum atomic E-state index is 13.9. The molecule has 0 heterocycles. The fourth-order valence-corrected chi connectivity index (χ4v) is 2.65. The van der Waals surface area contributed by atoms with Crippen LogP contribution in [0.1, 0.15) is 24.2 Å². The summed E-state index contributed by atoms with van der Waals surface area (Å²) in [5.74, 6) is -0.378. The Morgan fingerprint density at radius 1 is 1.20 bits per heavy atom. The molecule has 0 aliphatic heterocycles. The van der Waals surface area contributed by atoms with Crippen LogP contribution in [-0.4, -0.2) is 12.2 Å². The number of halogens is 2. The van der Waals surface area contributed by atoms with Gasteiger partial charge in [0.2, 0.25) is 0 Å². The Morgan fingerprint density at radius 2 is 1.90 bits per heavy atom. The van der Waals surface area contributed by atoms with Crippen LogP contribution in [0.4, 0.5) is 10.1 Å².